The van der Waals surface area contributed by atoms with Crippen LogP contribution in [0.15, 0.2) is 11.2 Å². The zero-order valence-corrected chi connectivity index (χ0v) is 13.3. The van der Waals surface area contributed by atoms with E-state index in [1.165, 1.54) is 18.4 Å². The molecule has 0 atom stereocenters. The molecule has 1 aliphatic rings. The van der Waals surface area contributed by atoms with Crippen molar-refractivity contribution in [2.24, 2.45) is 10.7 Å². The summed E-state index contributed by atoms with van der Waals surface area (Å²) in [5.74, 6) is 0.677. The molecule has 5 nitrogen and oxygen atoms in total. The van der Waals surface area contributed by atoms with Crippen LogP contribution in [0.4, 0.5) is 0 Å². The minimum Gasteiger partial charge on any atom is -0.370 e. The second kappa shape index (κ2) is 6.96. The summed E-state index contributed by atoms with van der Waals surface area (Å²) in [6.07, 6.45) is 6.41. The highest BCUT2D eigenvalue weighted by Gasteiger charge is 2.27. The summed E-state index contributed by atoms with van der Waals surface area (Å²) >= 11 is 0. The molecule has 0 amide bonds. The van der Waals surface area contributed by atoms with Crippen LogP contribution < -0.4 is 5.73 Å². The first-order chi connectivity index (χ1) is 8.18. The molecule has 18 heavy (non-hydrogen) atoms. The van der Waals surface area contributed by atoms with Gasteiger partial charge in [0.1, 0.15) is 0 Å². The number of aryl methyl sites for hydroxylation is 2. The van der Waals surface area contributed by atoms with E-state index in [1.54, 1.807) is 0 Å². The van der Waals surface area contributed by atoms with Crippen molar-refractivity contribution in [3.63, 3.8) is 0 Å². The highest BCUT2D eigenvalue weighted by molar-refractivity contribution is 14.0. The molecule has 1 aromatic heterocycles. The molecule has 6 heteroatoms. The van der Waals surface area contributed by atoms with Gasteiger partial charge in [-0.3, -0.25) is 10.1 Å². The Morgan fingerprint density at radius 1 is 1.61 bits per heavy atom. The summed E-state index contributed by atoms with van der Waals surface area (Å²) in [6.45, 7) is 2.83. The number of nitrogens with one attached hydrogen (secondary N) is 1. The monoisotopic (exact) mass is 363 g/mol. The van der Waals surface area contributed by atoms with Gasteiger partial charge < -0.3 is 10.6 Å². The minimum atomic E-state index is 0. The Bertz CT molecular complexity index is 397. The normalized spacial score (nSPS) is 15.3. The van der Waals surface area contributed by atoms with Crippen LogP contribution in [-0.2, 0) is 6.42 Å². The van der Waals surface area contributed by atoms with Gasteiger partial charge in [0.15, 0.2) is 5.96 Å². The number of H-pyrrole nitrogens is 1. The van der Waals surface area contributed by atoms with Gasteiger partial charge in [-0.15, -0.1) is 24.0 Å². The quantitative estimate of drug-likeness (QED) is 0.362. The standard InChI is InChI=1S/C12H21N5.HI/c1-9-10(8-15-16-9)4-3-7-14-12(13)17(2)11-5-6-11;/h8,11H,3-7H2,1-2H3,(H2,13,14)(H,15,16);1H. The fraction of sp³-hybridized carbons (Fsp3) is 0.667. The number of halogens is 1. The number of nitrogens with zero attached hydrogens (tertiary/aromatic N) is 3. The largest absolute Gasteiger partial charge is 0.370 e. The van der Waals surface area contributed by atoms with Crippen molar-refractivity contribution in [2.45, 2.75) is 38.6 Å². The molecule has 102 valence electrons. The van der Waals surface area contributed by atoms with Crippen molar-refractivity contribution < 1.29 is 0 Å². The van der Waals surface area contributed by atoms with Crippen LogP contribution >= 0.6 is 24.0 Å². The molecule has 0 aromatic carbocycles. The molecule has 3 N–H and O–H groups in total. The van der Waals surface area contributed by atoms with E-state index in [9.17, 15) is 0 Å². The minimum absolute atomic E-state index is 0. The van der Waals surface area contributed by atoms with Crippen molar-refractivity contribution >= 4 is 29.9 Å². The van der Waals surface area contributed by atoms with Gasteiger partial charge in [-0.1, -0.05) is 0 Å². The molecular formula is C12H22IN5. The third kappa shape index (κ3) is 4.15. The lowest BCUT2D eigenvalue weighted by molar-refractivity contribution is 0.487. The molecule has 0 saturated heterocycles. The average Bonchev–Trinajstić information content (AvgIpc) is 3.08. The number of hydrogen-bond acceptors (Lipinski definition) is 2. The molecule has 1 fully saturated rings. The Hall–Kier alpha value is -0.790. The molecule has 0 spiro atoms. The molecule has 1 saturated carbocycles. The van der Waals surface area contributed by atoms with Crippen LogP contribution in [0.2, 0.25) is 0 Å². The Morgan fingerprint density at radius 3 is 2.89 bits per heavy atom. The topological polar surface area (TPSA) is 70.3 Å². The fourth-order valence-corrected chi connectivity index (χ4v) is 1.85. The van der Waals surface area contributed by atoms with Crippen molar-refractivity contribution in [3.8, 4) is 0 Å². The Balaban J connectivity index is 0.00000162. The maximum absolute atomic E-state index is 5.90. The predicted molar refractivity (Wildman–Crippen MR) is 84.3 cm³/mol. The number of aromatic amines is 1. The van der Waals surface area contributed by atoms with Gasteiger partial charge in [0.25, 0.3) is 0 Å². The van der Waals surface area contributed by atoms with Crippen LogP contribution in [0.1, 0.15) is 30.5 Å². The first kappa shape index (κ1) is 15.3. The zero-order chi connectivity index (χ0) is 12.3. The Morgan fingerprint density at radius 2 is 2.33 bits per heavy atom. The zero-order valence-electron chi connectivity index (χ0n) is 11.0. The van der Waals surface area contributed by atoms with Crippen LogP contribution in [0.25, 0.3) is 0 Å². The summed E-state index contributed by atoms with van der Waals surface area (Å²) in [5, 5.41) is 6.94. The van der Waals surface area contributed by atoms with Crippen molar-refractivity contribution in [3.05, 3.63) is 17.5 Å². The number of rotatable bonds is 5. The molecule has 0 unspecified atom stereocenters. The van der Waals surface area contributed by atoms with Crippen LogP contribution in [0.5, 0.6) is 0 Å². The van der Waals surface area contributed by atoms with E-state index >= 15 is 0 Å². The van der Waals surface area contributed by atoms with E-state index < -0.39 is 0 Å². The summed E-state index contributed by atoms with van der Waals surface area (Å²) in [4.78, 5) is 6.49. The van der Waals surface area contributed by atoms with Crippen LogP contribution in [0, 0.1) is 6.92 Å². The highest BCUT2D eigenvalue weighted by atomic mass is 127. The number of hydrogen-bond donors (Lipinski definition) is 2. The van der Waals surface area contributed by atoms with E-state index in [0.29, 0.717) is 12.0 Å². The van der Waals surface area contributed by atoms with Crippen molar-refractivity contribution in [1.29, 1.82) is 0 Å². The summed E-state index contributed by atoms with van der Waals surface area (Å²) in [6, 6.07) is 0.634. The third-order valence-corrected chi connectivity index (χ3v) is 3.27. The van der Waals surface area contributed by atoms with E-state index in [-0.39, 0.29) is 24.0 Å². The van der Waals surface area contributed by atoms with Gasteiger partial charge >= 0.3 is 0 Å². The highest BCUT2D eigenvalue weighted by Crippen LogP contribution is 2.24. The number of guanidine groups is 1. The van der Waals surface area contributed by atoms with Crippen molar-refractivity contribution in [2.75, 3.05) is 13.6 Å². The molecule has 1 aliphatic carbocycles. The molecule has 0 radical (unpaired) electrons. The van der Waals surface area contributed by atoms with E-state index in [0.717, 1.165) is 25.1 Å². The second-order valence-electron chi connectivity index (χ2n) is 4.71. The first-order valence-electron chi connectivity index (χ1n) is 6.20. The number of aliphatic imine (C=N–C) groups is 1. The maximum atomic E-state index is 5.90. The molecule has 1 heterocycles. The Kier molecular flexibility index (Phi) is 5.90. The summed E-state index contributed by atoms with van der Waals surface area (Å²) < 4.78 is 0. The number of aromatic nitrogens is 2. The SMILES string of the molecule is Cc1[nH]ncc1CCCN=C(N)N(C)C1CC1.I. The van der Waals surface area contributed by atoms with Gasteiger partial charge in [-0.2, -0.15) is 5.10 Å². The smallest absolute Gasteiger partial charge is 0.191 e. The molecular weight excluding hydrogens is 341 g/mol. The lowest BCUT2D eigenvalue weighted by Gasteiger charge is -2.16. The van der Waals surface area contributed by atoms with E-state index in [4.69, 9.17) is 5.73 Å². The maximum Gasteiger partial charge on any atom is 0.191 e. The molecule has 0 bridgehead atoms. The van der Waals surface area contributed by atoms with Crippen LogP contribution in [0.3, 0.4) is 0 Å². The van der Waals surface area contributed by atoms with E-state index in [1.807, 2.05) is 20.2 Å². The first-order valence-corrected chi connectivity index (χ1v) is 6.20. The van der Waals surface area contributed by atoms with Gasteiger partial charge in [0.05, 0.1) is 6.20 Å². The van der Waals surface area contributed by atoms with Gasteiger partial charge in [0, 0.05) is 25.3 Å². The van der Waals surface area contributed by atoms with Gasteiger partial charge in [-0.05, 0) is 38.2 Å². The lowest BCUT2D eigenvalue weighted by atomic mass is 10.1. The Labute approximate surface area is 125 Å². The third-order valence-electron chi connectivity index (χ3n) is 3.27. The van der Waals surface area contributed by atoms with Gasteiger partial charge in [0.2, 0.25) is 0 Å². The molecule has 1 aromatic rings. The van der Waals surface area contributed by atoms with Crippen molar-refractivity contribution in [1.82, 2.24) is 15.1 Å². The van der Waals surface area contributed by atoms with Crippen LogP contribution in [-0.4, -0.2) is 40.7 Å². The predicted octanol–water partition coefficient (Wildman–Crippen LogP) is 1.68. The fourth-order valence-electron chi connectivity index (χ4n) is 1.85. The number of nitrogens with two attached hydrogens (primary N) is 1. The van der Waals surface area contributed by atoms with Gasteiger partial charge in [-0.25, -0.2) is 0 Å². The second-order valence-corrected chi connectivity index (χ2v) is 4.71. The lowest BCUT2D eigenvalue weighted by Crippen LogP contribution is -2.35. The molecule has 2 rings (SSSR count). The van der Waals surface area contributed by atoms with E-state index in [2.05, 4.69) is 20.1 Å². The summed E-state index contributed by atoms with van der Waals surface area (Å²) in [7, 11) is 2.02. The summed E-state index contributed by atoms with van der Waals surface area (Å²) in [5.41, 5.74) is 8.33. The average molecular weight is 363 g/mol. The molecule has 0 aliphatic heterocycles.